The highest BCUT2D eigenvalue weighted by atomic mass is 16.4. The van der Waals surface area contributed by atoms with Gasteiger partial charge in [0, 0.05) is 0 Å². The summed E-state index contributed by atoms with van der Waals surface area (Å²) in [6, 6.07) is 0. The van der Waals surface area contributed by atoms with Gasteiger partial charge in [0.05, 0.1) is 12.5 Å². The molecule has 1 aliphatic rings. The molecule has 0 bridgehead atoms. The maximum atomic E-state index is 10.4. The molecule has 0 aromatic rings. The largest absolute Gasteiger partial charge is 0.481 e. The van der Waals surface area contributed by atoms with Crippen LogP contribution in [0.25, 0.3) is 0 Å². The third-order valence-corrected chi connectivity index (χ3v) is 4.78. The summed E-state index contributed by atoms with van der Waals surface area (Å²) >= 11 is 0. The van der Waals surface area contributed by atoms with Gasteiger partial charge in [0.2, 0.25) is 0 Å². The topological polar surface area (TPSA) is 57.5 Å². The first-order valence-electron chi connectivity index (χ1n) is 9.08. The number of aliphatic hydroxyl groups is 1. The van der Waals surface area contributed by atoms with Crippen molar-refractivity contribution in [2.24, 2.45) is 5.92 Å². The second-order valence-electron chi connectivity index (χ2n) is 6.81. The molecule has 0 heterocycles. The van der Waals surface area contributed by atoms with Gasteiger partial charge in [0.25, 0.3) is 0 Å². The lowest BCUT2D eigenvalue weighted by Crippen LogP contribution is -2.12. The van der Waals surface area contributed by atoms with Crippen LogP contribution in [0.5, 0.6) is 0 Å². The summed E-state index contributed by atoms with van der Waals surface area (Å²) in [6.45, 7) is 0. The van der Waals surface area contributed by atoms with Gasteiger partial charge in [-0.05, 0) is 12.3 Å². The van der Waals surface area contributed by atoms with Crippen molar-refractivity contribution >= 4 is 5.97 Å². The third kappa shape index (κ3) is 10.8. The Morgan fingerprint density at radius 2 is 1.48 bits per heavy atom. The van der Waals surface area contributed by atoms with Gasteiger partial charge in [0.15, 0.2) is 0 Å². The van der Waals surface area contributed by atoms with Gasteiger partial charge in [-0.1, -0.05) is 83.5 Å². The molecule has 3 heteroatoms. The molecule has 0 aromatic heterocycles. The highest BCUT2D eigenvalue weighted by Crippen LogP contribution is 2.27. The fraction of sp³-hybridized carbons (Fsp3) is 0.944. The van der Waals surface area contributed by atoms with Gasteiger partial charge in [0.1, 0.15) is 0 Å². The van der Waals surface area contributed by atoms with Crippen LogP contribution >= 0.6 is 0 Å². The van der Waals surface area contributed by atoms with Crippen molar-refractivity contribution in [2.75, 3.05) is 0 Å². The maximum Gasteiger partial charge on any atom is 0.305 e. The number of unbranched alkanes of at least 4 members (excludes halogenated alkanes) is 5. The standard InChI is InChI=1S/C18H34O3/c19-17(15-18(20)21)14-10-4-2-1-3-7-11-16-12-8-5-6-9-13-16/h16-17,19H,1-15H2,(H,20,21). The molecule has 0 amide bonds. The van der Waals surface area contributed by atoms with Gasteiger partial charge >= 0.3 is 5.97 Å². The fourth-order valence-corrected chi connectivity index (χ4v) is 3.48. The second-order valence-corrected chi connectivity index (χ2v) is 6.81. The minimum atomic E-state index is -0.902. The molecule has 21 heavy (non-hydrogen) atoms. The number of hydrogen-bond donors (Lipinski definition) is 2. The molecule has 2 N–H and O–H groups in total. The smallest absolute Gasteiger partial charge is 0.305 e. The van der Waals surface area contributed by atoms with Gasteiger partial charge in [-0.15, -0.1) is 0 Å². The highest BCUT2D eigenvalue weighted by molar-refractivity contribution is 5.67. The van der Waals surface area contributed by atoms with E-state index in [2.05, 4.69) is 0 Å². The zero-order valence-corrected chi connectivity index (χ0v) is 13.6. The van der Waals surface area contributed by atoms with E-state index in [9.17, 15) is 9.90 Å². The Morgan fingerprint density at radius 3 is 2.10 bits per heavy atom. The van der Waals surface area contributed by atoms with Crippen LogP contribution in [0.2, 0.25) is 0 Å². The summed E-state index contributed by atoms with van der Waals surface area (Å²) in [5.74, 6) is 0.0969. The van der Waals surface area contributed by atoms with Crippen molar-refractivity contribution in [3.05, 3.63) is 0 Å². The SMILES string of the molecule is O=C(O)CC(O)CCCCCCCCC1CCCCCC1. The average Bonchev–Trinajstić information content (AvgIpc) is 2.69. The van der Waals surface area contributed by atoms with Crippen molar-refractivity contribution in [3.63, 3.8) is 0 Å². The van der Waals surface area contributed by atoms with Crippen molar-refractivity contribution in [2.45, 2.75) is 102 Å². The first-order chi connectivity index (χ1) is 10.2. The van der Waals surface area contributed by atoms with Gasteiger partial charge in [-0.25, -0.2) is 0 Å². The molecule has 1 atom stereocenters. The molecule has 3 nitrogen and oxygen atoms in total. The van der Waals surface area contributed by atoms with E-state index in [1.807, 2.05) is 0 Å². The van der Waals surface area contributed by atoms with Crippen molar-refractivity contribution in [3.8, 4) is 0 Å². The van der Waals surface area contributed by atoms with Crippen molar-refractivity contribution in [1.82, 2.24) is 0 Å². The van der Waals surface area contributed by atoms with Crippen LogP contribution in [0.1, 0.15) is 96.3 Å². The van der Waals surface area contributed by atoms with E-state index in [1.165, 1.54) is 70.6 Å². The zero-order valence-electron chi connectivity index (χ0n) is 13.6. The number of carbonyl (C=O) groups is 1. The lowest BCUT2D eigenvalue weighted by atomic mass is 9.93. The molecule has 0 aromatic carbocycles. The van der Waals surface area contributed by atoms with Crippen LogP contribution < -0.4 is 0 Å². The van der Waals surface area contributed by atoms with Crippen LogP contribution in [0.3, 0.4) is 0 Å². The summed E-state index contributed by atoms with van der Waals surface area (Å²) in [5.41, 5.74) is 0. The minimum Gasteiger partial charge on any atom is -0.481 e. The molecule has 1 fully saturated rings. The quantitative estimate of drug-likeness (QED) is 0.421. The normalized spacial score (nSPS) is 18.3. The predicted octanol–water partition coefficient (Wildman–Crippen LogP) is 4.91. The predicted molar refractivity (Wildman–Crippen MR) is 86.4 cm³/mol. The van der Waals surface area contributed by atoms with Crippen LogP contribution in [0.4, 0.5) is 0 Å². The number of carboxylic acids is 1. The Labute approximate surface area is 130 Å². The van der Waals surface area contributed by atoms with Crippen LogP contribution in [-0.4, -0.2) is 22.3 Å². The molecular formula is C18H34O3. The third-order valence-electron chi connectivity index (χ3n) is 4.78. The molecule has 0 spiro atoms. The van der Waals surface area contributed by atoms with Gasteiger partial charge in [-0.3, -0.25) is 4.79 Å². The maximum absolute atomic E-state index is 10.4. The van der Waals surface area contributed by atoms with E-state index in [4.69, 9.17) is 5.11 Å². The van der Waals surface area contributed by atoms with E-state index in [-0.39, 0.29) is 6.42 Å². The number of rotatable bonds is 11. The summed E-state index contributed by atoms with van der Waals surface area (Å²) in [4.78, 5) is 10.4. The lowest BCUT2D eigenvalue weighted by molar-refractivity contribution is -0.139. The van der Waals surface area contributed by atoms with Gasteiger partial charge < -0.3 is 10.2 Å². The van der Waals surface area contributed by atoms with Crippen molar-refractivity contribution < 1.29 is 15.0 Å². The molecular weight excluding hydrogens is 264 g/mol. The van der Waals surface area contributed by atoms with Crippen molar-refractivity contribution in [1.29, 1.82) is 0 Å². The molecule has 1 saturated carbocycles. The molecule has 1 rings (SSSR count). The monoisotopic (exact) mass is 298 g/mol. The Hall–Kier alpha value is -0.570. The Bertz CT molecular complexity index is 257. The fourth-order valence-electron chi connectivity index (χ4n) is 3.48. The molecule has 0 radical (unpaired) electrons. The molecule has 1 aliphatic carbocycles. The number of aliphatic hydroxyl groups excluding tert-OH is 1. The molecule has 0 aliphatic heterocycles. The second kappa shape index (κ2) is 12.0. The average molecular weight is 298 g/mol. The van der Waals surface area contributed by atoms with E-state index in [0.29, 0.717) is 6.42 Å². The molecule has 0 saturated heterocycles. The summed E-state index contributed by atoms with van der Waals surface area (Å²) < 4.78 is 0. The number of aliphatic carboxylic acids is 1. The number of hydrogen-bond acceptors (Lipinski definition) is 2. The van der Waals surface area contributed by atoms with Crippen LogP contribution in [0.15, 0.2) is 0 Å². The lowest BCUT2D eigenvalue weighted by Gasteiger charge is -2.13. The Kier molecular flexibility index (Phi) is 10.6. The van der Waals surface area contributed by atoms with Crippen LogP contribution in [0, 0.1) is 5.92 Å². The van der Waals surface area contributed by atoms with Crippen LogP contribution in [-0.2, 0) is 4.79 Å². The summed E-state index contributed by atoms with van der Waals surface area (Å²) in [6.07, 6.45) is 17.3. The molecule has 124 valence electrons. The van der Waals surface area contributed by atoms with Gasteiger partial charge in [-0.2, -0.15) is 0 Å². The molecule has 1 unspecified atom stereocenters. The first-order valence-corrected chi connectivity index (χ1v) is 9.08. The first kappa shape index (κ1) is 18.5. The Balaban J connectivity index is 1.85. The highest BCUT2D eigenvalue weighted by Gasteiger charge is 2.11. The summed E-state index contributed by atoms with van der Waals surface area (Å²) in [5, 5.41) is 18.0. The summed E-state index contributed by atoms with van der Waals surface area (Å²) in [7, 11) is 0. The minimum absolute atomic E-state index is 0.110. The van der Waals surface area contributed by atoms with E-state index < -0.39 is 12.1 Å². The van der Waals surface area contributed by atoms with E-state index in [0.717, 1.165) is 18.8 Å². The van der Waals surface area contributed by atoms with E-state index in [1.54, 1.807) is 0 Å². The zero-order chi connectivity index (χ0) is 15.3. The Morgan fingerprint density at radius 1 is 0.905 bits per heavy atom. The van der Waals surface area contributed by atoms with E-state index >= 15 is 0 Å². The number of carboxylic acid groups (broad SMARTS) is 1.